The van der Waals surface area contributed by atoms with Gasteiger partial charge in [-0.2, -0.15) is 0 Å². The quantitative estimate of drug-likeness (QED) is 0.391. The minimum atomic E-state index is -0.994. The summed E-state index contributed by atoms with van der Waals surface area (Å²) in [4.78, 5) is 42.0. The van der Waals surface area contributed by atoms with Crippen LogP contribution < -0.4 is 10.6 Å². The SMILES string of the molecule is CCCCCNC(=O)C1N([C@@H](CO)[C@@H](C)CC)C(=O)[C@@H]2[C@@H](C(=O)NCCC)[C@H]3CCC12O3. The molecule has 3 heterocycles. The molecule has 32 heavy (non-hydrogen) atoms. The van der Waals surface area contributed by atoms with Crippen molar-refractivity contribution in [3.63, 3.8) is 0 Å². The Morgan fingerprint density at radius 3 is 2.50 bits per heavy atom. The number of fused-ring (bicyclic) bond motifs is 1. The third kappa shape index (κ3) is 4.16. The molecule has 0 aromatic heterocycles. The number of unbranched alkanes of at least 4 members (excludes halogenated alkanes) is 2. The summed E-state index contributed by atoms with van der Waals surface area (Å²) in [7, 11) is 0. The van der Waals surface area contributed by atoms with Gasteiger partial charge < -0.3 is 25.4 Å². The van der Waals surface area contributed by atoms with E-state index in [0.29, 0.717) is 25.9 Å². The lowest BCUT2D eigenvalue weighted by atomic mass is 9.70. The standard InChI is InChI=1S/C24H41N3O5/c1-5-8-9-13-26-22(30)20-24-11-10-17(32-24)18(21(29)25-12-6-2)19(24)23(31)27(20)16(14-28)15(4)7-3/h15-20,28H,5-14H2,1-4H3,(H,25,29)(H,26,30)/t15-,16-,17+,18-,19-,20?,24?/m0/s1. The molecule has 0 aromatic carbocycles. The fourth-order valence-electron chi connectivity index (χ4n) is 5.91. The van der Waals surface area contributed by atoms with Gasteiger partial charge in [0.15, 0.2) is 0 Å². The number of aliphatic hydroxyl groups is 1. The zero-order chi connectivity index (χ0) is 23.5. The van der Waals surface area contributed by atoms with Crippen LogP contribution in [0.2, 0.25) is 0 Å². The zero-order valence-corrected chi connectivity index (χ0v) is 20.1. The summed E-state index contributed by atoms with van der Waals surface area (Å²) < 4.78 is 6.40. The Kier molecular flexibility index (Phi) is 8.20. The first kappa shape index (κ1) is 25.0. The molecule has 0 radical (unpaired) electrons. The molecule has 3 saturated heterocycles. The first-order valence-electron chi connectivity index (χ1n) is 12.5. The van der Waals surface area contributed by atoms with E-state index in [-0.39, 0.29) is 36.4 Å². The van der Waals surface area contributed by atoms with Crippen molar-refractivity contribution in [3.8, 4) is 0 Å². The second-order valence-corrected chi connectivity index (χ2v) is 9.73. The van der Waals surface area contributed by atoms with E-state index in [9.17, 15) is 19.5 Å². The fraction of sp³-hybridized carbons (Fsp3) is 0.875. The third-order valence-electron chi connectivity index (χ3n) is 7.76. The lowest BCUT2D eigenvalue weighted by Crippen LogP contribution is -2.59. The number of hydrogen-bond donors (Lipinski definition) is 3. The van der Waals surface area contributed by atoms with E-state index in [1.807, 2.05) is 20.8 Å². The highest BCUT2D eigenvalue weighted by Gasteiger charge is 2.75. The molecule has 182 valence electrons. The first-order valence-corrected chi connectivity index (χ1v) is 12.5. The molecule has 3 aliphatic heterocycles. The van der Waals surface area contributed by atoms with Crippen molar-refractivity contribution >= 4 is 17.7 Å². The maximum absolute atomic E-state index is 13.8. The van der Waals surface area contributed by atoms with Gasteiger partial charge in [0.2, 0.25) is 17.7 Å². The minimum absolute atomic E-state index is 0.0131. The molecule has 7 atom stereocenters. The van der Waals surface area contributed by atoms with E-state index >= 15 is 0 Å². The predicted octanol–water partition coefficient (Wildman–Crippen LogP) is 1.60. The fourth-order valence-corrected chi connectivity index (χ4v) is 5.91. The molecule has 8 nitrogen and oxygen atoms in total. The molecule has 3 aliphatic rings. The van der Waals surface area contributed by atoms with Gasteiger partial charge in [-0.15, -0.1) is 0 Å². The Bertz CT molecular complexity index is 701. The Morgan fingerprint density at radius 2 is 1.88 bits per heavy atom. The van der Waals surface area contributed by atoms with Gasteiger partial charge in [-0.05, 0) is 31.6 Å². The van der Waals surface area contributed by atoms with Crippen molar-refractivity contribution < 1.29 is 24.2 Å². The normalized spacial score (nSPS) is 32.7. The van der Waals surface area contributed by atoms with Gasteiger partial charge in [0.25, 0.3) is 0 Å². The summed E-state index contributed by atoms with van der Waals surface area (Å²) in [6, 6.07) is -1.30. The predicted molar refractivity (Wildman–Crippen MR) is 121 cm³/mol. The number of carbonyl (C=O) groups excluding carboxylic acids is 3. The van der Waals surface area contributed by atoms with Gasteiger partial charge >= 0.3 is 0 Å². The van der Waals surface area contributed by atoms with E-state index in [1.54, 1.807) is 4.90 Å². The molecule has 0 aromatic rings. The molecule has 1 spiro atoms. The van der Waals surface area contributed by atoms with Crippen molar-refractivity contribution in [2.24, 2.45) is 17.8 Å². The van der Waals surface area contributed by atoms with Crippen molar-refractivity contribution in [1.29, 1.82) is 0 Å². The van der Waals surface area contributed by atoms with E-state index in [1.165, 1.54) is 0 Å². The van der Waals surface area contributed by atoms with E-state index in [0.717, 1.165) is 32.1 Å². The van der Waals surface area contributed by atoms with Crippen LogP contribution in [-0.4, -0.2) is 71.2 Å². The minimum Gasteiger partial charge on any atom is -0.394 e. The number of carbonyl (C=O) groups is 3. The van der Waals surface area contributed by atoms with Crippen LogP contribution in [0.4, 0.5) is 0 Å². The molecule has 3 fully saturated rings. The van der Waals surface area contributed by atoms with Gasteiger partial charge in [0, 0.05) is 13.1 Å². The van der Waals surface area contributed by atoms with Gasteiger partial charge in [-0.3, -0.25) is 14.4 Å². The van der Waals surface area contributed by atoms with Crippen LogP contribution in [0.5, 0.6) is 0 Å². The molecular formula is C24H41N3O5. The highest BCUT2D eigenvalue weighted by atomic mass is 16.5. The molecule has 8 heteroatoms. The summed E-state index contributed by atoms with van der Waals surface area (Å²) >= 11 is 0. The van der Waals surface area contributed by atoms with Gasteiger partial charge in [0.05, 0.1) is 30.6 Å². The smallest absolute Gasteiger partial charge is 0.245 e. The Hall–Kier alpha value is -1.67. The topological polar surface area (TPSA) is 108 Å². The monoisotopic (exact) mass is 451 g/mol. The van der Waals surface area contributed by atoms with Crippen LogP contribution in [0.15, 0.2) is 0 Å². The van der Waals surface area contributed by atoms with Crippen molar-refractivity contribution in [3.05, 3.63) is 0 Å². The Balaban J connectivity index is 1.95. The van der Waals surface area contributed by atoms with Crippen molar-refractivity contribution in [2.75, 3.05) is 19.7 Å². The molecule has 2 bridgehead atoms. The Labute approximate surface area is 191 Å². The summed E-state index contributed by atoms with van der Waals surface area (Å²) in [5.41, 5.74) is -0.994. The lowest BCUT2D eigenvalue weighted by Gasteiger charge is -2.38. The molecule has 3 amide bonds. The van der Waals surface area contributed by atoms with E-state index in [2.05, 4.69) is 17.6 Å². The number of likely N-dealkylation sites (tertiary alicyclic amines) is 1. The van der Waals surface area contributed by atoms with Gasteiger partial charge in [0.1, 0.15) is 11.6 Å². The van der Waals surface area contributed by atoms with Crippen LogP contribution >= 0.6 is 0 Å². The number of nitrogens with one attached hydrogen (secondary N) is 2. The number of hydrogen-bond acceptors (Lipinski definition) is 5. The highest BCUT2D eigenvalue weighted by Crippen LogP contribution is 2.59. The third-order valence-corrected chi connectivity index (χ3v) is 7.76. The van der Waals surface area contributed by atoms with Crippen molar-refractivity contribution in [2.45, 2.75) is 96.4 Å². The molecule has 0 aliphatic carbocycles. The number of aliphatic hydroxyl groups excluding tert-OH is 1. The van der Waals surface area contributed by atoms with Crippen LogP contribution in [-0.2, 0) is 19.1 Å². The van der Waals surface area contributed by atoms with E-state index in [4.69, 9.17) is 4.74 Å². The van der Waals surface area contributed by atoms with Crippen LogP contribution in [0.25, 0.3) is 0 Å². The lowest BCUT2D eigenvalue weighted by molar-refractivity contribution is -0.147. The highest BCUT2D eigenvalue weighted by molar-refractivity contribution is 5.99. The summed E-state index contributed by atoms with van der Waals surface area (Å²) in [5, 5.41) is 16.2. The second kappa shape index (κ2) is 10.5. The largest absolute Gasteiger partial charge is 0.394 e. The first-order chi connectivity index (χ1) is 15.4. The van der Waals surface area contributed by atoms with Crippen LogP contribution in [0, 0.1) is 17.8 Å². The van der Waals surface area contributed by atoms with Crippen LogP contribution in [0.1, 0.15) is 72.6 Å². The molecule has 2 unspecified atom stereocenters. The average molecular weight is 452 g/mol. The number of ether oxygens (including phenoxy) is 1. The average Bonchev–Trinajstić information content (AvgIpc) is 3.43. The summed E-state index contributed by atoms with van der Waals surface area (Å²) in [6.07, 6.45) is 5.42. The van der Waals surface area contributed by atoms with Gasteiger partial charge in [-0.1, -0.05) is 47.0 Å². The van der Waals surface area contributed by atoms with Gasteiger partial charge in [-0.25, -0.2) is 0 Å². The van der Waals surface area contributed by atoms with Crippen LogP contribution in [0.3, 0.4) is 0 Å². The maximum atomic E-state index is 13.8. The van der Waals surface area contributed by atoms with Crippen molar-refractivity contribution in [1.82, 2.24) is 15.5 Å². The number of rotatable bonds is 12. The molecule has 3 N–H and O–H groups in total. The summed E-state index contributed by atoms with van der Waals surface area (Å²) in [6.45, 7) is 8.96. The molecular weight excluding hydrogens is 410 g/mol. The zero-order valence-electron chi connectivity index (χ0n) is 20.1. The number of amides is 3. The number of nitrogens with zero attached hydrogens (tertiary/aromatic N) is 1. The Morgan fingerprint density at radius 1 is 1.16 bits per heavy atom. The molecule has 3 rings (SSSR count). The van der Waals surface area contributed by atoms with E-state index < -0.39 is 29.5 Å². The summed E-state index contributed by atoms with van der Waals surface area (Å²) in [5.74, 6) is -1.86. The maximum Gasteiger partial charge on any atom is 0.245 e. The second-order valence-electron chi connectivity index (χ2n) is 9.73. The molecule has 0 saturated carbocycles.